The Morgan fingerprint density at radius 1 is 1.00 bits per heavy atom. The first-order valence-corrected chi connectivity index (χ1v) is 7.39. The highest BCUT2D eigenvalue weighted by molar-refractivity contribution is 7.99. The van der Waals surface area contributed by atoms with Gasteiger partial charge in [-0.2, -0.15) is 13.2 Å². The van der Waals surface area contributed by atoms with Gasteiger partial charge in [0, 0.05) is 10.6 Å². The summed E-state index contributed by atoms with van der Waals surface area (Å²) >= 11 is 1.47. The van der Waals surface area contributed by atoms with Gasteiger partial charge in [-0.25, -0.2) is 0 Å². The molecule has 1 unspecified atom stereocenters. The zero-order valence-corrected chi connectivity index (χ0v) is 12.2. The van der Waals surface area contributed by atoms with E-state index in [-0.39, 0.29) is 0 Å². The standard InChI is InChI=1S/C16H15F3OS/c1-11-2-8-14(9-3-11)21-10-15(20)12-4-6-13(7-5-12)16(17,18)19/h2-9,15,20H,10H2,1H3. The molecule has 0 amide bonds. The Morgan fingerprint density at radius 3 is 2.10 bits per heavy atom. The van der Waals surface area contributed by atoms with E-state index in [0.29, 0.717) is 11.3 Å². The second-order valence-electron chi connectivity index (χ2n) is 4.76. The minimum atomic E-state index is -4.35. The molecule has 1 atom stereocenters. The van der Waals surface area contributed by atoms with Crippen molar-refractivity contribution in [3.8, 4) is 0 Å². The number of aliphatic hydroxyl groups excluding tert-OH is 1. The molecular formula is C16H15F3OS. The second-order valence-corrected chi connectivity index (χ2v) is 5.85. The fourth-order valence-corrected chi connectivity index (χ4v) is 2.67. The molecule has 0 saturated carbocycles. The van der Waals surface area contributed by atoms with Crippen LogP contribution in [0.15, 0.2) is 53.4 Å². The monoisotopic (exact) mass is 312 g/mol. The van der Waals surface area contributed by atoms with Crippen molar-refractivity contribution in [1.82, 2.24) is 0 Å². The Labute approximate surface area is 125 Å². The third kappa shape index (κ3) is 4.51. The summed E-state index contributed by atoms with van der Waals surface area (Å²) in [5, 5.41) is 10.0. The molecule has 0 aromatic heterocycles. The molecular weight excluding hydrogens is 297 g/mol. The molecule has 0 radical (unpaired) electrons. The van der Waals surface area contributed by atoms with Crippen LogP contribution in [0, 0.1) is 6.92 Å². The molecule has 0 spiro atoms. The molecule has 1 nitrogen and oxygen atoms in total. The van der Waals surface area contributed by atoms with Crippen molar-refractivity contribution >= 4 is 11.8 Å². The van der Waals surface area contributed by atoms with Crippen LogP contribution in [0.5, 0.6) is 0 Å². The molecule has 2 aromatic rings. The van der Waals surface area contributed by atoms with Crippen LogP contribution < -0.4 is 0 Å². The van der Waals surface area contributed by atoms with Crippen molar-refractivity contribution in [3.63, 3.8) is 0 Å². The number of rotatable bonds is 4. The molecule has 0 aliphatic heterocycles. The Kier molecular flexibility index (Phi) is 4.96. The number of halogens is 3. The number of benzene rings is 2. The Hall–Kier alpha value is -1.46. The predicted molar refractivity (Wildman–Crippen MR) is 78.3 cm³/mol. The fourth-order valence-electron chi connectivity index (χ4n) is 1.80. The van der Waals surface area contributed by atoms with Gasteiger partial charge >= 0.3 is 6.18 Å². The normalized spacial score (nSPS) is 13.2. The number of alkyl halides is 3. The topological polar surface area (TPSA) is 20.2 Å². The van der Waals surface area contributed by atoms with Crippen LogP contribution in [0.1, 0.15) is 22.8 Å². The van der Waals surface area contributed by atoms with Gasteiger partial charge < -0.3 is 5.11 Å². The largest absolute Gasteiger partial charge is 0.416 e. The van der Waals surface area contributed by atoms with Crippen LogP contribution in [-0.4, -0.2) is 10.9 Å². The van der Waals surface area contributed by atoms with Crippen molar-refractivity contribution < 1.29 is 18.3 Å². The van der Waals surface area contributed by atoms with Crippen molar-refractivity contribution in [2.75, 3.05) is 5.75 Å². The Morgan fingerprint density at radius 2 is 1.57 bits per heavy atom. The molecule has 112 valence electrons. The summed E-state index contributed by atoms with van der Waals surface area (Å²) in [5.41, 5.74) is 0.940. The Balaban J connectivity index is 1.97. The molecule has 0 saturated heterocycles. The highest BCUT2D eigenvalue weighted by atomic mass is 32.2. The smallest absolute Gasteiger partial charge is 0.388 e. The molecule has 1 N–H and O–H groups in total. The summed E-state index contributed by atoms with van der Waals surface area (Å²) in [6.07, 6.45) is -5.14. The maximum absolute atomic E-state index is 12.5. The first kappa shape index (κ1) is 15.9. The van der Waals surface area contributed by atoms with E-state index in [1.165, 1.54) is 23.9 Å². The lowest BCUT2D eigenvalue weighted by atomic mass is 10.1. The van der Waals surface area contributed by atoms with E-state index in [1.807, 2.05) is 31.2 Å². The van der Waals surface area contributed by atoms with Gasteiger partial charge in [0.2, 0.25) is 0 Å². The molecule has 2 rings (SSSR count). The number of aliphatic hydroxyl groups is 1. The van der Waals surface area contributed by atoms with Gasteiger partial charge in [0.25, 0.3) is 0 Å². The van der Waals surface area contributed by atoms with E-state index < -0.39 is 17.8 Å². The van der Waals surface area contributed by atoms with E-state index in [2.05, 4.69) is 0 Å². The number of hydrogen-bond donors (Lipinski definition) is 1. The highest BCUT2D eigenvalue weighted by Crippen LogP contribution is 2.31. The van der Waals surface area contributed by atoms with Gasteiger partial charge in [-0.1, -0.05) is 29.8 Å². The summed E-state index contributed by atoms with van der Waals surface area (Å²) in [7, 11) is 0. The van der Waals surface area contributed by atoms with Crippen LogP contribution >= 0.6 is 11.8 Å². The predicted octanol–water partition coefficient (Wildman–Crippen LogP) is 4.84. The average molecular weight is 312 g/mol. The SMILES string of the molecule is Cc1ccc(SCC(O)c2ccc(C(F)(F)F)cc2)cc1. The first-order valence-electron chi connectivity index (χ1n) is 6.41. The van der Waals surface area contributed by atoms with Gasteiger partial charge in [-0.05, 0) is 36.8 Å². The number of thioether (sulfide) groups is 1. The Bertz CT molecular complexity index is 576. The van der Waals surface area contributed by atoms with Crippen LogP contribution in [0.2, 0.25) is 0 Å². The zero-order chi connectivity index (χ0) is 15.5. The van der Waals surface area contributed by atoms with Gasteiger partial charge in [-0.3, -0.25) is 0 Å². The molecule has 0 aliphatic rings. The minimum absolute atomic E-state index is 0.397. The van der Waals surface area contributed by atoms with Crippen LogP contribution in [0.25, 0.3) is 0 Å². The van der Waals surface area contributed by atoms with Crippen molar-refractivity contribution in [1.29, 1.82) is 0 Å². The third-order valence-corrected chi connectivity index (χ3v) is 4.14. The highest BCUT2D eigenvalue weighted by Gasteiger charge is 2.30. The lowest BCUT2D eigenvalue weighted by molar-refractivity contribution is -0.137. The van der Waals surface area contributed by atoms with E-state index in [4.69, 9.17) is 0 Å². The first-order chi connectivity index (χ1) is 9.86. The van der Waals surface area contributed by atoms with Crippen molar-refractivity contribution in [2.45, 2.75) is 24.1 Å². The molecule has 0 fully saturated rings. The van der Waals surface area contributed by atoms with E-state index in [0.717, 1.165) is 22.6 Å². The van der Waals surface area contributed by atoms with Crippen molar-refractivity contribution in [3.05, 3.63) is 65.2 Å². The summed E-state index contributed by atoms with van der Waals surface area (Å²) in [6.45, 7) is 1.99. The molecule has 21 heavy (non-hydrogen) atoms. The average Bonchev–Trinajstić information content (AvgIpc) is 2.45. The maximum atomic E-state index is 12.5. The molecule has 0 heterocycles. The van der Waals surface area contributed by atoms with E-state index >= 15 is 0 Å². The van der Waals surface area contributed by atoms with E-state index in [9.17, 15) is 18.3 Å². The fraction of sp³-hybridized carbons (Fsp3) is 0.250. The quantitative estimate of drug-likeness (QED) is 0.815. The summed E-state index contributed by atoms with van der Waals surface area (Å²) in [6, 6.07) is 12.5. The lowest BCUT2D eigenvalue weighted by Crippen LogP contribution is -2.06. The van der Waals surface area contributed by atoms with Crippen LogP contribution in [0.4, 0.5) is 13.2 Å². The summed E-state index contributed by atoms with van der Waals surface area (Å²) < 4.78 is 37.4. The third-order valence-electron chi connectivity index (χ3n) is 3.05. The second kappa shape index (κ2) is 6.54. The van der Waals surface area contributed by atoms with Gasteiger partial charge in [0.1, 0.15) is 0 Å². The maximum Gasteiger partial charge on any atom is 0.416 e. The van der Waals surface area contributed by atoms with Gasteiger partial charge in [-0.15, -0.1) is 11.8 Å². The van der Waals surface area contributed by atoms with Crippen LogP contribution in [0.3, 0.4) is 0 Å². The van der Waals surface area contributed by atoms with Gasteiger partial charge in [0.15, 0.2) is 0 Å². The van der Waals surface area contributed by atoms with E-state index in [1.54, 1.807) is 0 Å². The van der Waals surface area contributed by atoms with Gasteiger partial charge in [0.05, 0.1) is 11.7 Å². The number of hydrogen-bond acceptors (Lipinski definition) is 2. The van der Waals surface area contributed by atoms with Crippen LogP contribution in [-0.2, 0) is 6.18 Å². The summed E-state index contributed by atoms with van der Waals surface area (Å²) in [5.74, 6) is 0.397. The zero-order valence-electron chi connectivity index (χ0n) is 11.4. The lowest BCUT2D eigenvalue weighted by Gasteiger charge is -2.12. The molecule has 0 aliphatic carbocycles. The molecule has 2 aromatic carbocycles. The minimum Gasteiger partial charge on any atom is -0.388 e. The van der Waals surface area contributed by atoms with Crippen molar-refractivity contribution in [2.24, 2.45) is 0 Å². The molecule has 5 heteroatoms. The summed E-state index contributed by atoms with van der Waals surface area (Å²) in [4.78, 5) is 1.02. The molecule has 0 bridgehead atoms. The number of aryl methyl sites for hydroxylation is 1.